The highest BCUT2D eigenvalue weighted by atomic mass is 16.1. The van der Waals surface area contributed by atoms with Gasteiger partial charge in [-0.15, -0.1) is 0 Å². The lowest BCUT2D eigenvalue weighted by Gasteiger charge is -2.09. The summed E-state index contributed by atoms with van der Waals surface area (Å²) in [4.78, 5) is 16.3. The first-order valence-electron chi connectivity index (χ1n) is 6.84. The van der Waals surface area contributed by atoms with Crippen LogP contribution in [0.3, 0.4) is 0 Å². The molecule has 0 radical (unpaired) electrons. The Hall–Kier alpha value is -2.11. The fourth-order valence-corrected chi connectivity index (χ4v) is 2.28. The maximum absolute atomic E-state index is 12.1. The van der Waals surface area contributed by atoms with Gasteiger partial charge in [-0.3, -0.25) is 9.48 Å². The monoisotopic (exact) mass is 275 g/mol. The molecule has 0 saturated carbocycles. The van der Waals surface area contributed by atoms with Crippen LogP contribution >= 0.6 is 0 Å². The zero-order valence-electron chi connectivity index (χ0n) is 12.5. The molecule has 2 aromatic rings. The summed E-state index contributed by atoms with van der Waals surface area (Å²) in [6, 6.07) is 0. The zero-order valence-corrected chi connectivity index (χ0v) is 12.5. The van der Waals surface area contributed by atoms with Gasteiger partial charge in [-0.2, -0.15) is 5.10 Å². The van der Waals surface area contributed by atoms with E-state index in [1.165, 1.54) is 0 Å². The third-order valence-corrected chi connectivity index (χ3v) is 3.52. The maximum Gasteiger partial charge on any atom is 0.254 e. The van der Waals surface area contributed by atoms with Gasteiger partial charge in [0.2, 0.25) is 0 Å². The Labute approximate surface area is 118 Å². The maximum atomic E-state index is 12.1. The molecule has 0 bridgehead atoms. The lowest BCUT2D eigenvalue weighted by Crippen LogP contribution is -2.28. The van der Waals surface area contributed by atoms with E-state index in [1.807, 2.05) is 38.6 Å². The first kappa shape index (κ1) is 14.3. The third-order valence-electron chi connectivity index (χ3n) is 3.52. The van der Waals surface area contributed by atoms with E-state index < -0.39 is 0 Å². The van der Waals surface area contributed by atoms with Gasteiger partial charge in [0, 0.05) is 37.2 Å². The van der Waals surface area contributed by atoms with Crippen molar-refractivity contribution in [2.75, 3.05) is 6.54 Å². The van der Waals surface area contributed by atoms with Gasteiger partial charge in [0.05, 0.1) is 11.8 Å². The van der Waals surface area contributed by atoms with E-state index in [4.69, 9.17) is 0 Å². The van der Waals surface area contributed by atoms with Gasteiger partial charge < -0.3 is 9.88 Å². The van der Waals surface area contributed by atoms with E-state index in [-0.39, 0.29) is 5.91 Å². The summed E-state index contributed by atoms with van der Waals surface area (Å²) in [6.07, 6.45) is 3.47. The first-order valence-corrected chi connectivity index (χ1v) is 6.84. The minimum Gasteiger partial charge on any atom is -0.350 e. The molecular formula is C14H21N5O. The number of imidazole rings is 1. The Kier molecular flexibility index (Phi) is 4.22. The van der Waals surface area contributed by atoms with Crippen LogP contribution in [-0.4, -0.2) is 31.8 Å². The Morgan fingerprint density at radius 2 is 2.05 bits per heavy atom. The average Bonchev–Trinajstić information content (AvgIpc) is 2.95. The number of hydrogen-bond acceptors (Lipinski definition) is 3. The molecule has 0 aliphatic carbocycles. The van der Waals surface area contributed by atoms with Crippen molar-refractivity contribution in [3.8, 4) is 0 Å². The molecule has 0 spiro atoms. The second-order valence-electron chi connectivity index (χ2n) is 4.81. The summed E-state index contributed by atoms with van der Waals surface area (Å²) in [7, 11) is 0. The van der Waals surface area contributed by atoms with Crippen molar-refractivity contribution in [1.82, 2.24) is 24.6 Å². The van der Waals surface area contributed by atoms with Gasteiger partial charge in [0.15, 0.2) is 0 Å². The number of carbonyl (C=O) groups is 1. The predicted octanol–water partition coefficient (Wildman–Crippen LogP) is 1.45. The van der Waals surface area contributed by atoms with Crippen LogP contribution in [0.25, 0.3) is 0 Å². The van der Waals surface area contributed by atoms with Crippen molar-refractivity contribution in [3.63, 3.8) is 0 Å². The summed E-state index contributed by atoms with van der Waals surface area (Å²) in [5.41, 5.74) is 2.65. The summed E-state index contributed by atoms with van der Waals surface area (Å²) in [6.45, 7) is 9.97. The largest absolute Gasteiger partial charge is 0.350 e. The van der Waals surface area contributed by atoms with E-state index in [0.717, 1.165) is 30.3 Å². The summed E-state index contributed by atoms with van der Waals surface area (Å²) < 4.78 is 3.90. The lowest BCUT2D eigenvalue weighted by molar-refractivity contribution is 0.0951. The van der Waals surface area contributed by atoms with Crippen LogP contribution in [0.4, 0.5) is 0 Å². The van der Waals surface area contributed by atoms with Crippen LogP contribution in [0.2, 0.25) is 0 Å². The molecule has 0 aliphatic heterocycles. The number of nitrogens with zero attached hydrogens (tertiary/aromatic N) is 4. The van der Waals surface area contributed by atoms with Gasteiger partial charge in [-0.05, 0) is 27.7 Å². The molecule has 0 aliphatic rings. The van der Waals surface area contributed by atoms with Crippen molar-refractivity contribution in [2.45, 2.75) is 40.8 Å². The van der Waals surface area contributed by atoms with E-state index in [9.17, 15) is 4.79 Å². The van der Waals surface area contributed by atoms with Crippen LogP contribution in [0.15, 0.2) is 12.4 Å². The quantitative estimate of drug-likeness (QED) is 0.898. The molecule has 20 heavy (non-hydrogen) atoms. The Bertz CT molecular complexity index is 592. The van der Waals surface area contributed by atoms with Gasteiger partial charge >= 0.3 is 0 Å². The van der Waals surface area contributed by atoms with Crippen molar-refractivity contribution in [1.29, 1.82) is 0 Å². The average molecular weight is 275 g/mol. The number of aryl methyl sites for hydroxylation is 3. The van der Waals surface area contributed by atoms with E-state index in [1.54, 1.807) is 6.20 Å². The number of nitrogens with one attached hydrogen (secondary N) is 1. The van der Waals surface area contributed by atoms with Gasteiger partial charge in [0.25, 0.3) is 5.91 Å². The zero-order chi connectivity index (χ0) is 14.7. The molecule has 0 fully saturated rings. The topological polar surface area (TPSA) is 64.7 Å². The molecule has 2 heterocycles. The first-order chi connectivity index (χ1) is 9.54. The fourth-order valence-electron chi connectivity index (χ4n) is 2.28. The lowest BCUT2D eigenvalue weighted by atomic mass is 10.2. The van der Waals surface area contributed by atoms with E-state index in [2.05, 4.69) is 20.0 Å². The van der Waals surface area contributed by atoms with E-state index >= 15 is 0 Å². The van der Waals surface area contributed by atoms with Crippen molar-refractivity contribution in [3.05, 3.63) is 35.2 Å². The van der Waals surface area contributed by atoms with Crippen molar-refractivity contribution >= 4 is 5.91 Å². The van der Waals surface area contributed by atoms with Gasteiger partial charge in [-0.25, -0.2) is 4.98 Å². The smallest absolute Gasteiger partial charge is 0.254 e. The molecule has 6 nitrogen and oxygen atoms in total. The summed E-state index contributed by atoms with van der Waals surface area (Å²) >= 11 is 0. The highest BCUT2D eigenvalue weighted by molar-refractivity contribution is 5.94. The fraction of sp³-hybridized carbons (Fsp3) is 0.500. The third kappa shape index (κ3) is 2.74. The van der Waals surface area contributed by atoms with Crippen LogP contribution in [0.5, 0.6) is 0 Å². The highest BCUT2D eigenvalue weighted by Gasteiger charge is 2.13. The summed E-state index contributed by atoms with van der Waals surface area (Å²) in [5, 5.41) is 7.11. The molecule has 0 aromatic carbocycles. The number of aromatic nitrogens is 4. The number of rotatable bonds is 5. The van der Waals surface area contributed by atoms with E-state index in [0.29, 0.717) is 12.1 Å². The van der Waals surface area contributed by atoms with Gasteiger partial charge in [-0.1, -0.05) is 0 Å². The molecule has 2 rings (SSSR count). The van der Waals surface area contributed by atoms with Crippen LogP contribution in [-0.2, 0) is 13.1 Å². The Morgan fingerprint density at radius 3 is 2.60 bits per heavy atom. The predicted molar refractivity (Wildman–Crippen MR) is 76.7 cm³/mol. The molecular weight excluding hydrogens is 254 g/mol. The molecule has 2 aromatic heterocycles. The molecule has 1 N–H and O–H groups in total. The van der Waals surface area contributed by atoms with Crippen LogP contribution < -0.4 is 5.32 Å². The number of amides is 1. The Balaban J connectivity index is 1.94. The minimum atomic E-state index is -0.0716. The minimum absolute atomic E-state index is 0.0716. The summed E-state index contributed by atoms with van der Waals surface area (Å²) in [5.74, 6) is 0.893. The Morgan fingerprint density at radius 1 is 1.30 bits per heavy atom. The normalized spacial score (nSPS) is 10.8. The van der Waals surface area contributed by atoms with Gasteiger partial charge in [0.1, 0.15) is 5.82 Å². The van der Waals surface area contributed by atoms with Crippen molar-refractivity contribution < 1.29 is 4.79 Å². The SMILES string of the molecule is CCn1ncc(C(=O)NCCn2c(C)cnc2C)c1C. The number of carbonyl (C=O) groups excluding carboxylic acids is 1. The molecule has 108 valence electrons. The highest BCUT2D eigenvalue weighted by Crippen LogP contribution is 2.07. The van der Waals surface area contributed by atoms with Crippen LogP contribution in [0.1, 0.15) is 34.5 Å². The second kappa shape index (κ2) is 5.90. The van der Waals surface area contributed by atoms with Crippen LogP contribution in [0, 0.1) is 20.8 Å². The molecule has 6 heteroatoms. The van der Waals surface area contributed by atoms with Crippen molar-refractivity contribution in [2.24, 2.45) is 0 Å². The number of hydrogen-bond donors (Lipinski definition) is 1. The second-order valence-corrected chi connectivity index (χ2v) is 4.81. The molecule has 0 atom stereocenters. The molecule has 0 saturated heterocycles. The molecule has 1 amide bonds. The standard InChI is InChI=1S/C14H21N5O/c1-5-19-11(3)13(9-17-19)14(20)15-6-7-18-10(2)8-16-12(18)4/h8-9H,5-7H2,1-4H3,(H,15,20). The molecule has 0 unspecified atom stereocenters.